The zero-order valence-electron chi connectivity index (χ0n) is 17.3. The Morgan fingerprint density at radius 2 is 0.537 bits per heavy atom. The van der Waals surface area contributed by atoms with Crippen LogP contribution in [0.3, 0.4) is 0 Å². The van der Waals surface area contributed by atoms with Crippen LogP contribution in [-0.2, 0) is 0 Å². The molecule has 0 saturated heterocycles. The third kappa shape index (κ3) is 5.23. The van der Waals surface area contributed by atoms with E-state index in [1.54, 1.807) is 0 Å². The second-order valence-electron chi connectivity index (χ2n) is 7.28. The van der Waals surface area contributed by atoms with Crippen molar-refractivity contribution in [1.29, 1.82) is 0 Å². The molecule has 0 aliphatic carbocycles. The molecule has 0 amide bonds. The van der Waals surface area contributed by atoms with E-state index in [1.165, 1.54) is 0 Å². The minimum Gasteiger partial charge on any atom is -0.195 e. The zero-order chi connectivity index (χ0) is 34.3. The van der Waals surface area contributed by atoms with Gasteiger partial charge in [0.1, 0.15) is 0 Å². The van der Waals surface area contributed by atoms with Crippen molar-refractivity contribution in [3.8, 4) is 0 Å². The Morgan fingerprint density at radius 3 is 0.780 bits per heavy atom. The third-order valence-electron chi connectivity index (χ3n) is 4.50. The van der Waals surface area contributed by atoms with Crippen molar-refractivity contribution in [2.24, 2.45) is 0 Å². The lowest BCUT2D eigenvalue weighted by Gasteiger charge is -2.40. The molecule has 0 radical (unpaired) electrons. The average molecular weight is 790 g/mol. The predicted molar refractivity (Wildman–Crippen MR) is 83.7 cm³/mol. The largest absolute Gasteiger partial charge is 0.460 e. The van der Waals surface area contributed by atoms with Gasteiger partial charge in [0.15, 0.2) is 0 Å². The topological polar surface area (TPSA) is 0 Å². The van der Waals surface area contributed by atoms with E-state index < -0.39 is 104 Å². The first-order chi connectivity index (χ1) is 17.1. The summed E-state index contributed by atoms with van der Waals surface area (Å²) in [4.78, 5) is 0. The minimum absolute atomic E-state index is 1.07. The van der Waals surface area contributed by atoms with Crippen molar-refractivity contribution in [3.05, 3.63) is 9.66 Å². The number of allylic oxidation sites excluding steroid dienone is 2. The summed E-state index contributed by atoms with van der Waals surface area (Å²) in [5.41, 5.74) is 0. The molecule has 0 unspecified atom stereocenters. The minimum atomic E-state index is -8.75. The van der Waals surface area contributed by atoms with E-state index in [0.29, 0.717) is 0 Å². The highest BCUT2D eigenvalue weighted by atomic mass is 127. The Balaban J connectivity index is 7.12. The number of rotatable bonds is 10. The van der Waals surface area contributed by atoms with Crippen LogP contribution in [0.4, 0.5) is 114 Å². The second kappa shape index (κ2) is 9.83. The van der Waals surface area contributed by atoms with Gasteiger partial charge in [-0.3, -0.25) is 0 Å². The fourth-order valence-electron chi connectivity index (χ4n) is 2.04. The van der Waals surface area contributed by atoms with Gasteiger partial charge < -0.3 is 0 Å². The van der Waals surface area contributed by atoms with Gasteiger partial charge in [-0.2, -0.15) is 114 Å². The molecule has 0 N–H and O–H groups in total. The first kappa shape index (κ1) is 39.6. The monoisotopic (exact) mass is 790 g/mol. The quantitative estimate of drug-likeness (QED) is 0.153. The fourth-order valence-corrected chi connectivity index (χ4v) is 2.77. The van der Waals surface area contributed by atoms with Gasteiger partial charge in [-0.05, 0) is 22.6 Å². The van der Waals surface area contributed by atoms with Crippen molar-refractivity contribution in [2.75, 3.05) is 0 Å². The zero-order valence-corrected chi connectivity index (χ0v) is 19.4. The first-order valence-electron chi connectivity index (χ1n) is 8.43. The fraction of sp³-hybridized carbons (Fsp3) is 0.857. The van der Waals surface area contributed by atoms with Crippen LogP contribution in [0.5, 0.6) is 0 Å². The van der Waals surface area contributed by atoms with Crippen molar-refractivity contribution >= 4 is 22.6 Å². The van der Waals surface area contributed by atoms with Crippen LogP contribution in [0.15, 0.2) is 9.66 Å². The third-order valence-corrected chi connectivity index (χ3v) is 5.49. The smallest absolute Gasteiger partial charge is 0.195 e. The molecule has 0 aromatic heterocycles. The van der Waals surface area contributed by atoms with Gasteiger partial charge in [-0.1, -0.05) is 0 Å². The molecule has 0 fully saturated rings. The Kier molecular flexibility index (Phi) is 9.51. The van der Waals surface area contributed by atoms with Crippen LogP contribution >= 0.6 is 22.6 Å². The lowest BCUT2D eigenvalue weighted by atomic mass is 9.91. The summed E-state index contributed by atoms with van der Waals surface area (Å²) in [6.07, 6.45) is -18.9. The van der Waals surface area contributed by atoms with E-state index in [0.717, 1.165) is 0 Å². The summed E-state index contributed by atoms with van der Waals surface area (Å²) < 4.78 is 333. The maximum absolute atomic E-state index is 13.8. The molecule has 0 aromatic rings. The molecule has 0 nitrogen and oxygen atoms in total. The highest BCUT2D eigenvalue weighted by molar-refractivity contribution is 14.1. The first-order valence-corrected chi connectivity index (χ1v) is 9.51. The molecule has 0 heterocycles. The van der Waals surface area contributed by atoms with Gasteiger partial charge in [-0.25, -0.2) is 0 Å². The normalized spacial score (nSPS) is 17.3. The molecule has 0 aliphatic rings. The van der Waals surface area contributed by atoms with E-state index >= 15 is 0 Å². The van der Waals surface area contributed by atoms with Crippen LogP contribution in [-0.4, -0.2) is 71.6 Å². The van der Waals surface area contributed by atoms with Gasteiger partial charge in [0.2, 0.25) is 0 Å². The summed E-state index contributed by atoms with van der Waals surface area (Å²) in [5.74, 6) is -84.4. The molecule has 0 saturated carbocycles. The van der Waals surface area contributed by atoms with Crippen molar-refractivity contribution in [2.45, 2.75) is 71.6 Å². The van der Waals surface area contributed by atoms with Gasteiger partial charge in [0.05, 0.1) is 3.58 Å². The van der Waals surface area contributed by atoms with Crippen molar-refractivity contribution < 1.29 is 114 Å². The van der Waals surface area contributed by atoms with Gasteiger partial charge in [0, 0.05) is 6.08 Å². The number of hydrogen-bond acceptors (Lipinski definition) is 0. The molecule has 0 aromatic carbocycles. The Labute approximate surface area is 218 Å². The maximum atomic E-state index is 13.8. The lowest BCUT2D eigenvalue weighted by molar-refractivity contribution is -0.437. The highest BCUT2D eigenvalue weighted by Gasteiger charge is 2.92. The summed E-state index contributed by atoms with van der Waals surface area (Å²) >= 11 is -1.07. The molecule has 41 heavy (non-hydrogen) atoms. The van der Waals surface area contributed by atoms with Crippen LogP contribution < -0.4 is 0 Å². The van der Waals surface area contributed by atoms with Gasteiger partial charge in [0.25, 0.3) is 0 Å². The maximum Gasteiger partial charge on any atom is 0.460 e. The molecule has 0 atom stereocenters. The second-order valence-corrected chi connectivity index (χ2v) is 8.44. The summed E-state index contributed by atoms with van der Waals surface area (Å²) in [6, 6.07) is 0. The van der Waals surface area contributed by atoms with E-state index in [2.05, 4.69) is 0 Å². The summed E-state index contributed by atoms with van der Waals surface area (Å²) in [5, 5.41) is 0. The Morgan fingerprint density at radius 1 is 0.317 bits per heavy atom. The predicted octanol–water partition coefficient (Wildman–Crippen LogP) is 9.78. The van der Waals surface area contributed by atoms with E-state index in [-0.39, 0.29) is 0 Å². The van der Waals surface area contributed by atoms with Gasteiger partial charge in [-0.15, -0.1) is 0 Å². The number of alkyl halides is 26. The molecule has 246 valence electrons. The standard InChI is InChI=1S/C14HF26I/c15-3(16,5(19,20)7(23,24)9(27,28)11(31,32)13(35,36)37)1-2(41)4(17,18)6(21,22)8(25,26)10(29,30)12(33,34)14(38,39)40/h1H. The van der Waals surface area contributed by atoms with E-state index in [9.17, 15) is 114 Å². The van der Waals surface area contributed by atoms with Crippen LogP contribution in [0.1, 0.15) is 0 Å². The molecule has 0 rings (SSSR count). The number of halogens is 27. The summed E-state index contributed by atoms with van der Waals surface area (Å²) in [6.45, 7) is 0. The molecule has 27 heteroatoms. The summed E-state index contributed by atoms with van der Waals surface area (Å²) in [7, 11) is 0. The van der Waals surface area contributed by atoms with Crippen LogP contribution in [0.2, 0.25) is 0 Å². The average Bonchev–Trinajstić information content (AvgIpc) is 2.70. The molecular weight excluding hydrogens is 789 g/mol. The van der Waals surface area contributed by atoms with Crippen LogP contribution in [0, 0.1) is 0 Å². The van der Waals surface area contributed by atoms with Crippen molar-refractivity contribution in [3.63, 3.8) is 0 Å². The molecule has 0 spiro atoms. The highest BCUT2D eigenvalue weighted by Crippen LogP contribution is 2.64. The Bertz CT molecular complexity index is 991. The molecular formula is C14HF26I. The van der Waals surface area contributed by atoms with Crippen LogP contribution in [0.25, 0.3) is 0 Å². The van der Waals surface area contributed by atoms with E-state index in [4.69, 9.17) is 0 Å². The molecule has 0 bridgehead atoms. The molecule has 0 aliphatic heterocycles. The lowest BCUT2D eigenvalue weighted by Crippen LogP contribution is -2.70. The van der Waals surface area contributed by atoms with E-state index in [1.807, 2.05) is 0 Å². The SMILES string of the molecule is FC(F)(F)C(F)(F)C(F)(F)C(F)(F)C(F)(F)C(F)(F)C=C(I)C(F)(F)C(F)(F)C(F)(F)C(F)(F)C(F)(F)C(F)(F)F. The number of hydrogen-bond donors (Lipinski definition) is 0. The Hall–Kier alpha value is -1.35. The van der Waals surface area contributed by atoms with Gasteiger partial charge >= 0.3 is 71.6 Å². The van der Waals surface area contributed by atoms with Crippen molar-refractivity contribution in [1.82, 2.24) is 0 Å².